The predicted molar refractivity (Wildman–Crippen MR) is 211 cm³/mol. The zero-order valence-electron chi connectivity index (χ0n) is 33.8. The van der Waals surface area contributed by atoms with Crippen LogP contribution in [0.4, 0.5) is 0 Å². The van der Waals surface area contributed by atoms with Crippen molar-refractivity contribution in [1.82, 2.24) is 5.32 Å². The molecule has 3 aliphatic carbocycles. The quantitative estimate of drug-likeness (QED) is 0.0928. The van der Waals surface area contributed by atoms with Crippen molar-refractivity contribution in [3.8, 4) is 0 Å². The zero-order valence-corrected chi connectivity index (χ0v) is 33.8. The Hall–Kier alpha value is -5.00. The van der Waals surface area contributed by atoms with E-state index < -0.39 is 107 Å². The van der Waals surface area contributed by atoms with Crippen molar-refractivity contribution in [2.75, 3.05) is 6.61 Å². The first-order valence-corrected chi connectivity index (χ1v) is 19.8. The molecule has 2 saturated carbocycles. The molecule has 1 aliphatic heterocycles. The topological polar surface area (TPSA) is 239 Å². The molecule has 320 valence electrons. The van der Waals surface area contributed by atoms with E-state index in [0.29, 0.717) is 5.56 Å². The molecule has 7 N–H and O–H groups in total. The largest absolute Gasteiger partial charge is 0.455 e. The summed E-state index contributed by atoms with van der Waals surface area (Å²) in [6, 6.07) is 22.5. The van der Waals surface area contributed by atoms with Gasteiger partial charge in [-0.1, -0.05) is 87.5 Å². The summed E-state index contributed by atoms with van der Waals surface area (Å²) in [6.45, 7) is 6.52. The van der Waals surface area contributed by atoms with Crippen molar-refractivity contribution >= 4 is 23.8 Å². The lowest BCUT2D eigenvalue weighted by molar-refractivity contribution is -0.370. The summed E-state index contributed by atoms with van der Waals surface area (Å²) >= 11 is 0. The number of ether oxygens (including phenoxy) is 4. The van der Waals surface area contributed by atoms with Crippen LogP contribution in [0.2, 0.25) is 0 Å². The standard InChI is InChI=1S/C45H51NO14/c1-23-30-32(49)36(51)43(5)28(48)21-29-44(22-57-29,60-24(2)47)35(43)38(59-40(54)27-19-13-8-14-20-27)45(56,42(30,3)4)37(52)34(23)58-41(55)33(50)31(25-15-9-6-10-16-25)46-39(53)26-17-11-7-12-18-26/h6-20,28-29,31-38,48-52,56H,21-22H2,1-5H3,(H,46,53)/t28-,29+,31-,32+,33+,34+,35?,36+,37-,38?,43+,44-,45+/m0/s1. The first-order chi connectivity index (χ1) is 28.3. The average molecular weight is 830 g/mol. The lowest BCUT2D eigenvalue weighted by atomic mass is 9.44. The molecule has 1 saturated heterocycles. The number of amides is 1. The van der Waals surface area contributed by atoms with Crippen LogP contribution in [-0.2, 0) is 28.5 Å². The molecule has 60 heavy (non-hydrogen) atoms. The predicted octanol–water partition coefficient (Wildman–Crippen LogP) is 1.93. The molecule has 3 fully saturated rings. The molecule has 7 rings (SSSR count). The molecule has 2 unspecified atom stereocenters. The third-order valence-corrected chi connectivity index (χ3v) is 13.5. The number of nitrogens with one attached hydrogen (secondary N) is 1. The number of aliphatic hydroxyl groups excluding tert-OH is 5. The van der Waals surface area contributed by atoms with E-state index >= 15 is 0 Å². The SMILES string of the molecule is CC(=O)O[C@@]12CO[C@@H]1C[C@H](O)[C@]1(C)C2C(OC(=O)c2ccccc2)[C@]2(O)[C@@H](O)[C@H](OC(=O)[C@H](O)[C@@H](NC(=O)c3ccccc3)c3ccccc3)C(C)=C([C@@H](O)[C@H]1O)C2(C)C. The highest BCUT2D eigenvalue weighted by Crippen LogP contribution is 2.65. The minimum absolute atomic E-state index is 0.0195. The van der Waals surface area contributed by atoms with Gasteiger partial charge in [-0.3, -0.25) is 9.59 Å². The molecule has 3 aromatic rings. The van der Waals surface area contributed by atoms with E-state index in [1.807, 2.05) is 0 Å². The number of hydrogen-bond donors (Lipinski definition) is 7. The van der Waals surface area contributed by atoms with Gasteiger partial charge in [-0.15, -0.1) is 0 Å². The summed E-state index contributed by atoms with van der Waals surface area (Å²) in [5, 5.41) is 77.2. The molecule has 4 aliphatic rings. The zero-order chi connectivity index (χ0) is 43.5. The maximum atomic E-state index is 14.2. The Morgan fingerprint density at radius 1 is 0.817 bits per heavy atom. The van der Waals surface area contributed by atoms with E-state index in [9.17, 15) is 49.8 Å². The van der Waals surface area contributed by atoms with Crippen LogP contribution < -0.4 is 5.32 Å². The molecule has 0 spiro atoms. The second kappa shape index (κ2) is 15.8. The van der Waals surface area contributed by atoms with Gasteiger partial charge in [0, 0.05) is 29.7 Å². The molecule has 15 nitrogen and oxygen atoms in total. The van der Waals surface area contributed by atoms with Gasteiger partial charge in [0.1, 0.15) is 30.0 Å². The molecule has 1 heterocycles. The molecule has 2 bridgehead atoms. The second-order valence-corrected chi connectivity index (χ2v) is 17.0. The first-order valence-electron chi connectivity index (χ1n) is 19.8. The van der Waals surface area contributed by atoms with E-state index in [2.05, 4.69) is 5.32 Å². The molecule has 13 atom stereocenters. The van der Waals surface area contributed by atoms with E-state index in [1.54, 1.807) is 78.9 Å². The van der Waals surface area contributed by atoms with Crippen molar-refractivity contribution in [2.45, 2.75) is 107 Å². The van der Waals surface area contributed by atoms with Crippen LogP contribution in [0, 0.1) is 16.7 Å². The fraction of sp³-hybridized carbons (Fsp3) is 0.467. The highest BCUT2D eigenvalue weighted by atomic mass is 16.6. The molecule has 15 heteroatoms. The van der Waals surface area contributed by atoms with E-state index in [0.717, 1.165) is 6.92 Å². The lowest BCUT2D eigenvalue weighted by Crippen LogP contribution is -2.84. The monoisotopic (exact) mass is 829 g/mol. The van der Waals surface area contributed by atoms with E-state index in [4.69, 9.17) is 18.9 Å². The van der Waals surface area contributed by atoms with Gasteiger partial charge in [0.15, 0.2) is 17.8 Å². The van der Waals surface area contributed by atoms with Crippen molar-refractivity contribution in [3.05, 3.63) is 119 Å². The van der Waals surface area contributed by atoms with Crippen molar-refractivity contribution in [1.29, 1.82) is 0 Å². The summed E-state index contributed by atoms with van der Waals surface area (Å²) in [7, 11) is 0. The van der Waals surface area contributed by atoms with Gasteiger partial charge < -0.3 is 54.9 Å². The van der Waals surface area contributed by atoms with Gasteiger partial charge in [-0.25, -0.2) is 9.59 Å². The Morgan fingerprint density at radius 2 is 1.38 bits per heavy atom. The van der Waals surface area contributed by atoms with Crippen LogP contribution in [0.3, 0.4) is 0 Å². The highest BCUT2D eigenvalue weighted by molar-refractivity contribution is 5.95. The number of hydrogen-bond acceptors (Lipinski definition) is 14. The first kappa shape index (κ1) is 43.1. The maximum Gasteiger partial charge on any atom is 0.338 e. The smallest absolute Gasteiger partial charge is 0.338 e. The summed E-state index contributed by atoms with van der Waals surface area (Å²) in [5.41, 5.74) is -7.92. The molecule has 3 aromatic carbocycles. The molecular weight excluding hydrogens is 778 g/mol. The van der Waals surface area contributed by atoms with Crippen molar-refractivity contribution < 1.29 is 68.8 Å². The van der Waals surface area contributed by atoms with Gasteiger partial charge >= 0.3 is 17.9 Å². The number of esters is 3. The van der Waals surface area contributed by atoms with Gasteiger partial charge in [0.2, 0.25) is 0 Å². The number of carbonyl (C=O) groups is 4. The normalized spacial score (nSPS) is 35.1. The Morgan fingerprint density at radius 3 is 1.93 bits per heavy atom. The van der Waals surface area contributed by atoms with Crippen LogP contribution in [0.1, 0.15) is 73.4 Å². The average Bonchev–Trinajstić information content (AvgIpc) is 3.23. The van der Waals surface area contributed by atoms with Crippen LogP contribution in [0.5, 0.6) is 0 Å². The lowest BCUT2D eigenvalue weighted by Gasteiger charge is -2.69. The van der Waals surface area contributed by atoms with Crippen molar-refractivity contribution in [2.24, 2.45) is 16.7 Å². The van der Waals surface area contributed by atoms with Gasteiger partial charge in [-0.2, -0.15) is 0 Å². The second-order valence-electron chi connectivity index (χ2n) is 17.0. The molecular formula is C45H51NO14. The Kier molecular flexibility index (Phi) is 11.3. The summed E-state index contributed by atoms with van der Waals surface area (Å²) in [6.07, 6.45) is -14.8. The van der Waals surface area contributed by atoms with Gasteiger partial charge in [0.05, 0.1) is 36.3 Å². The van der Waals surface area contributed by atoms with Crippen LogP contribution >= 0.6 is 0 Å². The minimum Gasteiger partial charge on any atom is -0.455 e. The fourth-order valence-corrected chi connectivity index (χ4v) is 10.3. The number of carbonyl (C=O) groups excluding carboxylic acids is 4. The van der Waals surface area contributed by atoms with Gasteiger partial charge in [-0.05, 0) is 47.9 Å². The molecule has 1 amide bonds. The molecule has 0 aromatic heterocycles. The Labute approximate surface area is 346 Å². The van der Waals surface area contributed by atoms with Crippen molar-refractivity contribution in [3.63, 3.8) is 0 Å². The third-order valence-electron chi connectivity index (χ3n) is 13.5. The van der Waals surface area contributed by atoms with Crippen LogP contribution in [0.15, 0.2) is 102 Å². The molecule has 0 radical (unpaired) electrons. The van der Waals surface area contributed by atoms with Crippen LogP contribution in [0.25, 0.3) is 0 Å². The summed E-state index contributed by atoms with van der Waals surface area (Å²) < 4.78 is 24.0. The van der Waals surface area contributed by atoms with E-state index in [-0.39, 0.29) is 35.3 Å². The van der Waals surface area contributed by atoms with Crippen LogP contribution in [-0.4, -0.2) is 121 Å². The number of fused-ring (bicyclic) bond motifs is 5. The number of rotatable bonds is 9. The Balaban J connectivity index is 1.37. The third kappa shape index (κ3) is 6.63. The highest BCUT2D eigenvalue weighted by Gasteiger charge is 2.79. The Bertz CT molecular complexity index is 2150. The number of benzene rings is 3. The number of aliphatic hydroxyl groups is 6. The summed E-state index contributed by atoms with van der Waals surface area (Å²) in [5.74, 6) is -5.36. The summed E-state index contributed by atoms with van der Waals surface area (Å²) in [4.78, 5) is 54.7. The maximum absolute atomic E-state index is 14.2. The van der Waals surface area contributed by atoms with E-state index in [1.165, 1.54) is 39.8 Å². The van der Waals surface area contributed by atoms with Gasteiger partial charge in [0.25, 0.3) is 5.91 Å². The fourth-order valence-electron chi connectivity index (χ4n) is 10.3. The minimum atomic E-state index is -2.79.